The van der Waals surface area contributed by atoms with Crippen molar-refractivity contribution in [3.05, 3.63) is 75.9 Å². The van der Waals surface area contributed by atoms with Crippen LogP contribution < -0.4 is 19.7 Å². The van der Waals surface area contributed by atoms with Crippen molar-refractivity contribution in [3.8, 4) is 11.5 Å². The summed E-state index contributed by atoms with van der Waals surface area (Å²) in [6.07, 6.45) is -0.0178. The molecule has 380 valence electrons. The third kappa shape index (κ3) is 13.3. The van der Waals surface area contributed by atoms with Crippen LogP contribution in [0.15, 0.2) is 42.0 Å². The Hall–Kier alpha value is -4.54. The van der Waals surface area contributed by atoms with Crippen molar-refractivity contribution in [2.75, 3.05) is 39.0 Å². The molecule has 3 aliphatic heterocycles. The van der Waals surface area contributed by atoms with Gasteiger partial charge in [-0.1, -0.05) is 63.9 Å². The van der Waals surface area contributed by atoms with Gasteiger partial charge in [0.2, 0.25) is 29.2 Å². The number of esters is 2. The van der Waals surface area contributed by atoms with E-state index >= 15 is 0 Å². The summed E-state index contributed by atoms with van der Waals surface area (Å²) in [7, 11) is 8.41. The molecular formula is C47H58ClF4N3O12S2. The monoisotopic (exact) mass is 1030 g/mol. The maximum absolute atomic E-state index is 14.3. The minimum atomic E-state index is -1.89. The second-order valence-electron chi connectivity index (χ2n) is 18.1. The van der Waals surface area contributed by atoms with Gasteiger partial charge in [-0.25, -0.2) is 18.4 Å². The van der Waals surface area contributed by atoms with E-state index in [0.29, 0.717) is 17.9 Å². The lowest BCUT2D eigenvalue weighted by molar-refractivity contribution is -0.162. The SMILES string of the molecule is COc1cc2cc(c1Cl)N(C)C(=O)C[C@H](OC(=O)[C@H](C)N(C)C(=O)CCSSC(C)(C)CCC(=O)Oc1c(F)c(F)cc(F)c1F)[C@]1(C)O[C@H]1[C@H](C)[C@@H]1C[C@@](O)(NC(=O)O1)[C@H](OC)/C=C/C=C(\C)C2. The van der Waals surface area contributed by atoms with Crippen molar-refractivity contribution >= 4 is 68.7 Å². The maximum atomic E-state index is 14.3. The van der Waals surface area contributed by atoms with Crippen LogP contribution in [0.4, 0.5) is 28.0 Å². The van der Waals surface area contributed by atoms with Crippen LogP contribution in [0.3, 0.4) is 0 Å². The molecule has 2 saturated heterocycles. The van der Waals surface area contributed by atoms with Crippen LogP contribution in [0, 0.1) is 29.2 Å². The van der Waals surface area contributed by atoms with Gasteiger partial charge < -0.3 is 43.3 Å². The first-order chi connectivity index (χ1) is 32.2. The minimum absolute atomic E-state index is 0.00428. The van der Waals surface area contributed by atoms with Crippen molar-refractivity contribution in [3.63, 3.8) is 0 Å². The molecule has 3 amide bonds. The molecule has 0 spiro atoms. The lowest BCUT2D eigenvalue weighted by atomic mass is 9.83. The fourth-order valence-electron chi connectivity index (χ4n) is 7.98. The lowest BCUT2D eigenvalue weighted by Gasteiger charge is -2.42. The van der Waals surface area contributed by atoms with Gasteiger partial charge in [0.25, 0.3) is 0 Å². The third-order valence-corrected chi connectivity index (χ3v) is 16.2. The molecule has 2 aromatic carbocycles. The number of carbonyl (C=O) groups excluding carboxylic acids is 5. The number of benzene rings is 2. The molecule has 0 unspecified atom stereocenters. The number of carbonyl (C=O) groups is 5. The quantitative estimate of drug-likeness (QED) is 0.0353. The molecule has 8 atom stereocenters. The molecule has 4 bridgehead atoms. The number of anilines is 1. The summed E-state index contributed by atoms with van der Waals surface area (Å²) < 4.78 is 88.3. The lowest BCUT2D eigenvalue weighted by Crippen LogP contribution is -2.63. The van der Waals surface area contributed by atoms with Crippen LogP contribution in [0.1, 0.15) is 79.2 Å². The van der Waals surface area contributed by atoms with Crippen LogP contribution in [0.2, 0.25) is 5.02 Å². The highest BCUT2D eigenvalue weighted by Gasteiger charge is 2.64. The smallest absolute Gasteiger partial charge is 0.409 e. The van der Waals surface area contributed by atoms with Crippen molar-refractivity contribution in [1.29, 1.82) is 0 Å². The van der Waals surface area contributed by atoms with Gasteiger partial charge in [-0.2, -0.15) is 8.78 Å². The van der Waals surface area contributed by atoms with Crippen LogP contribution in [0.25, 0.3) is 0 Å². The van der Waals surface area contributed by atoms with Crippen molar-refractivity contribution in [2.24, 2.45) is 5.92 Å². The number of hydrogen-bond donors (Lipinski definition) is 2. The molecule has 2 aromatic rings. The van der Waals surface area contributed by atoms with Gasteiger partial charge in [0, 0.05) is 63.0 Å². The summed E-state index contributed by atoms with van der Waals surface area (Å²) in [6.45, 7) is 10.3. The Bertz CT molecular complexity index is 2340. The van der Waals surface area contributed by atoms with Gasteiger partial charge in [0.05, 0.1) is 25.3 Å². The van der Waals surface area contributed by atoms with E-state index < -0.39 is 118 Å². The number of allylic oxidation sites excluding steroid dienone is 3. The Morgan fingerprint density at radius 1 is 1.10 bits per heavy atom. The second kappa shape index (κ2) is 22.7. The number of hydrogen-bond acceptors (Lipinski definition) is 14. The largest absolute Gasteiger partial charge is 0.495 e. The Morgan fingerprint density at radius 2 is 1.77 bits per heavy atom. The zero-order valence-electron chi connectivity index (χ0n) is 39.9. The predicted molar refractivity (Wildman–Crippen MR) is 251 cm³/mol. The Labute approximate surface area is 411 Å². The highest BCUT2D eigenvalue weighted by Crippen LogP contribution is 2.49. The van der Waals surface area contributed by atoms with Gasteiger partial charge >= 0.3 is 18.0 Å². The molecule has 0 saturated carbocycles. The fourth-order valence-corrected chi connectivity index (χ4v) is 10.8. The van der Waals surface area contributed by atoms with Crippen LogP contribution in [-0.4, -0.2) is 120 Å². The van der Waals surface area contributed by atoms with E-state index in [9.17, 15) is 46.6 Å². The summed E-state index contributed by atoms with van der Waals surface area (Å²) in [4.78, 5) is 69.6. The molecule has 2 fully saturated rings. The van der Waals surface area contributed by atoms with E-state index in [1.54, 1.807) is 52.0 Å². The molecule has 3 heterocycles. The number of fused-ring (bicyclic) bond motifs is 5. The number of epoxide rings is 1. The topological polar surface area (TPSA) is 183 Å². The molecule has 5 rings (SSSR count). The number of aliphatic hydroxyl groups is 1. The number of rotatable bonds is 14. The molecule has 0 aliphatic carbocycles. The fraction of sp³-hybridized carbons (Fsp3) is 0.553. The highest BCUT2D eigenvalue weighted by molar-refractivity contribution is 8.77. The van der Waals surface area contributed by atoms with E-state index in [0.717, 1.165) is 11.1 Å². The van der Waals surface area contributed by atoms with E-state index in [1.807, 2.05) is 13.0 Å². The van der Waals surface area contributed by atoms with Gasteiger partial charge in [-0.05, 0) is 65.2 Å². The number of nitrogens with one attached hydrogen (secondary N) is 1. The Kier molecular flexibility index (Phi) is 18.2. The summed E-state index contributed by atoms with van der Waals surface area (Å²) in [5, 5.41) is 14.5. The third-order valence-electron chi connectivity index (χ3n) is 12.4. The van der Waals surface area contributed by atoms with Crippen molar-refractivity contribution < 1.29 is 75.1 Å². The zero-order chi connectivity index (χ0) is 51.3. The highest BCUT2D eigenvalue weighted by atomic mass is 35.5. The zero-order valence-corrected chi connectivity index (χ0v) is 42.3. The Morgan fingerprint density at radius 3 is 2.41 bits per heavy atom. The van der Waals surface area contributed by atoms with Crippen LogP contribution in [-0.2, 0) is 44.5 Å². The summed E-state index contributed by atoms with van der Waals surface area (Å²) in [5.41, 5.74) is -1.25. The predicted octanol–water partition coefficient (Wildman–Crippen LogP) is 8.01. The number of amides is 3. The van der Waals surface area contributed by atoms with E-state index in [4.69, 9.17) is 35.3 Å². The van der Waals surface area contributed by atoms with Gasteiger partial charge in [0.1, 0.15) is 40.7 Å². The summed E-state index contributed by atoms with van der Waals surface area (Å²) in [5.74, 6) is -11.5. The van der Waals surface area contributed by atoms with E-state index in [-0.39, 0.29) is 42.5 Å². The molecule has 69 heavy (non-hydrogen) atoms. The molecule has 22 heteroatoms. The second-order valence-corrected chi connectivity index (χ2v) is 21.6. The minimum Gasteiger partial charge on any atom is -0.495 e. The van der Waals surface area contributed by atoms with E-state index in [2.05, 4.69) is 10.1 Å². The van der Waals surface area contributed by atoms with Gasteiger partial charge in [0.15, 0.2) is 17.4 Å². The van der Waals surface area contributed by atoms with Gasteiger partial charge in [-0.3, -0.25) is 19.7 Å². The molecule has 15 nitrogen and oxygen atoms in total. The van der Waals surface area contributed by atoms with E-state index in [1.165, 1.54) is 66.6 Å². The van der Waals surface area contributed by atoms with Crippen molar-refractivity contribution in [1.82, 2.24) is 10.2 Å². The van der Waals surface area contributed by atoms with Crippen LogP contribution >= 0.6 is 33.2 Å². The molecular weight excluding hydrogens is 974 g/mol. The Balaban J connectivity index is 1.29. The normalized spacial score (nSPS) is 26.9. The molecule has 3 aliphatic rings. The summed E-state index contributed by atoms with van der Waals surface area (Å²) >= 11 is 6.78. The first-order valence-corrected chi connectivity index (χ1v) is 24.6. The average molecular weight is 1030 g/mol. The first-order valence-electron chi connectivity index (χ1n) is 21.9. The number of ether oxygens (including phenoxy) is 6. The number of halogens is 5. The summed E-state index contributed by atoms with van der Waals surface area (Å²) in [6, 6.07) is 2.36. The maximum Gasteiger partial charge on any atom is 0.409 e. The first kappa shape index (κ1) is 55.4. The van der Waals surface area contributed by atoms with Crippen LogP contribution in [0.5, 0.6) is 11.5 Å². The number of alkyl carbamates (subject to hydrolysis) is 1. The van der Waals surface area contributed by atoms with Crippen molar-refractivity contribution in [2.45, 2.75) is 127 Å². The standard InChI is InChI=1S/C47H58ClF4N3O12S2/c1-24-12-11-13-33(63-10)47(61)23-32(64-44(60)53-47)25(2)42-46(6,67-42)34(22-36(57)55(8)30-19-27(18-24)20-31(62-9)38(30)48)65-43(59)26(3)54(7)35(56)15-17-68-69-45(4,5)16-14-37(58)66-41-39(51)28(49)21-29(50)40(41)52/h11-13,19-21,25-26,32-34,42,61H,14-18,22-23H2,1-10H3,(H,53,60)/b13-11+,24-12+/t25-,26+,32+,33-,34+,42+,46+,47+/m1/s1. The number of methoxy groups -OCH3 is 2. The number of likely N-dealkylation sites (N-methyl/N-ethyl adjacent to an activating group) is 1. The molecule has 0 radical (unpaired) electrons. The van der Waals surface area contributed by atoms with Gasteiger partial charge in [-0.15, -0.1) is 0 Å². The molecule has 2 N–H and O–H groups in total. The average Bonchev–Trinajstić information content (AvgIpc) is 3.99. The number of nitrogens with zero attached hydrogens (tertiary/aromatic N) is 2. The molecule has 0 aromatic heterocycles.